The minimum absolute atomic E-state index is 0.00653. The van der Waals surface area contributed by atoms with Crippen molar-refractivity contribution in [1.82, 2.24) is 15.2 Å². The van der Waals surface area contributed by atoms with E-state index in [1.54, 1.807) is 30.0 Å². The van der Waals surface area contributed by atoms with Crippen molar-refractivity contribution < 1.29 is 31.8 Å². The van der Waals surface area contributed by atoms with Crippen molar-refractivity contribution in [2.45, 2.75) is 70.4 Å². The third-order valence-corrected chi connectivity index (χ3v) is 9.00. The molecule has 1 aromatic carbocycles. The van der Waals surface area contributed by atoms with E-state index in [-0.39, 0.29) is 59.0 Å². The van der Waals surface area contributed by atoms with Gasteiger partial charge in [-0.2, -0.15) is 8.42 Å². The van der Waals surface area contributed by atoms with Crippen LogP contribution in [0.15, 0.2) is 24.3 Å². The maximum atomic E-state index is 13.8. The fourth-order valence-corrected chi connectivity index (χ4v) is 7.15. The summed E-state index contributed by atoms with van der Waals surface area (Å²) < 4.78 is 28.5. The Kier molecular flexibility index (Phi) is 7.54. The summed E-state index contributed by atoms with van der Waals surface area (Å²) in [6.45, 7) is 2.17. The summed E-state index contributed by atoms with van der Waals surface area (Å²) in [5.41, 5.74) is 0.764. The van der Waals surface area contributed by atoms with Crippen LogP contribution >= 0.6 is 0 Å². The predicted molar refractivity (Wildman–Crippen MR) is 144 cm³/mol. The highest BCUT2D eigenvalue weighted by molar-refractivity contribution is 7.86. The van der Waals surface area contributed by atoms with Crippen LogP contribution in [0.3, 0.4) is 0 Å². The first-order valence-corrected chi connectivity index (χ1v) is 15.5. The van der Waals surface area contributed by atoms with E-state index in [4.69, 9.17) is 4.18 Å². The van der Waals surface area contributed by atoms with Crippen LogP contribution in [-0.4, -0.2) is 66.6 Å². The number of aromatic amines is 1. The van der Waals surface area contributed by atoms with E-state index in [0.717, 1.165) is 38.4 Å². The Hall–Kier alpha value is -3.21. The quantitative estimate of drug-likeness (QED) is 0.451. The van der Waals surface area contributed by atoms with Crippen LogP contribution in [0.1, 0.15) is 68.8 Å². The summed E-state index contributed by atoms with van der Waals surface area (Å²) in [7, 11) is -3.77. The average molecular weight is 558 g/mol. The molecule has 3 aliphatic rings. The molecule has 11 heteroatoms. The van der Waals surface area contributed by atoms with Crippen molar-refractivity contribution in [1.29, 1.82) is 0 Å². The van der Waals surface area contributed by atoms with Gasteiger partial charge in [0, 0.05) is 36.2 Å². The molecule has 5 atom stereocenters. The molecule has 210 valence electrons. The number of rotatable bonds is 9. The van der Waals surface area contributed by atoms with Gasteiger partial charge in [-0.3, -0.25) is 19.2 Å². The fourth-order valence-electron chi connectivity index (χ4n) is 6.68. The Morgan fingerprint density at radius 2 is 1.97 bits per heavy atom. The van der Waals surface area contributed by atoms with Gasteiger partial charge in [0.05, 0.1) is 12.3 Å². The standard InChI is InChI=1S/C28H35N3O7S/c1-3-23(32)21(13-16-7-5-11-24(16)33)30-27(34)26-18-9-4-8-17(18)15-31(26)28(35)22-14-19-20(29-22)10-6-12-25(19)38-39(2,36)37/h6,10,12,14,16-18,21,26,29H,3-5,7-9,11,13,15H2,1-2H3,(H,30,34). The van der Waals surface area contributed by atoms with Gasteiger partial charge in [-0.1, -0.05) is 19.4 Å². The maximum Gasteiger partial charge on any atom is 0.306 e. The highest BCUT2D eigenvalue weighted by Crippen LogP contribution is 2.43. The zero-order chi connectivity index (χ0) is 27.9. The summed E-state index contributed by atoms with van der Waals surface area (Å²) in [6.07, 6.45) is 6.28. The largest absolute Gasteiger partial charge is 0.382 e. The van der Waals surface area contributed by atoms with Crippen molar-refractivity contribution in [3.05, 3.63) is 30.0 Å². The maximum absolute atomic E-state index is 13.8. The smallest absolute Gasteiger partial charge is 0.306 e. The Labute approximate surface area is 228 Å². The number of hydrogen-bond donors (Lipinski definition) is 2. The number of nitrogens with one attached hydrogen (secondary N) is 2. The molecule has 2 N–H and O–H groups in total. The number of nitrogens with zero attached hydrogens (tertiary/aromatic N) is 1. The lowest BCUT2D eigenvalue weighted by molar-refractivity contribution is -0.131. The van der Waals surface area contributed by atoms with Gasteiger partial charge in [0.2, 0.25) is 5.91 Å². The highest BCUT2D eigenvalue weighted by atomic mass is 32.2. The number of Topliss-reactive ketones (excluding diaryl/α,β-unsaturated/α-hetero) is 2. The Bertz CT molecular complexity index is 1420. The number of benzene rings is 1. The van der Waals surface area contributed by atoms with E-state index in [1.165, 1.54) is 6.07 Å². The van der Waals surface area contributed by atoms with E-state index in [2.05, 4.69) is 10.3 Å². The van der Waals surface area contributed by atoms with Gasteiger partial charge in [0.1, 0.15) is 17.5 Å². The van der Waals surface area contributed by atoms with Gasteiger partial charge >= 0.3 is 10.1 Å². The molecule has 2 heterocycles. The van der Waals surface area contributed by atoms with Crippen molar-refractivity contribution in [2.75, 3.05) is 12.8 Å². The lowest BCUT2D eigenvalue weighted by Gasteiger charge is -2.29. The molecule has 39 heavy (non-hydrogen) atoms. The van der Waals surface area contributed by atoms with Crippen LogP contribution in [0.25, 0.3) is 10.9 Å². The number of aromatic nitrogens is 1. The lowest BCUT2D eigenvalue weighted by atomic mass is 9.91. The lowest BCUT2D eigenvalue weighted by Crippen LogP contribution is -2.53. The summed E-state index contributed by atoms with van der Waals surface area (Å²) in [4.78, 5) is 57.3. The molecular formula is C28H35N3O7S. The van der Waals surface area contributed by atoms with E-state index in [9.17, 15) is 27.6 Å². The van der Waals surface area contributed by atoms with Gasteiger partial charge in [0.15, 0.2) is 11.5 Å². The van der Waals surface area contributed by atoms with Crippen LogP contribution in [0.2, 0.25) is 0 Å². The highest BCUT2D eigenvalue weighted by Gasteiger charge is 2.50. The van der Waals surface area contributed by atoms with Gasteiger partial charge in [-0.15, -0.1) is 0 Å². The summed E-state index contributed by atoms with van der Waals surface area (Å²) in [5, 5.41) is 3.38. The number of H-pyrrole nitrogens is 1. The number of hydrogen-bond acceptors (Lipinski definition) is 7. The van der Waals surface area contributed by atoms with Crippen LogP contribution in [0, 0.1) is 17.8 Å². The second kappa shape index (κ2) is 10.7. The minimum Gasteiger partial charge on any atom is -0.382 e. The number of fused-ring (bicyclic) bond motifs is 2. The molecule has 5 unspecified atom stereocenters. The van der Waals surface area contributed by atoms with E-state index in [0.29, 0.717) is 30.3 Å². The Morgan fingerprint density at radius 3 is 2.67 bits per heavy atom. The molecule has 0 radical (unpaired) electrons. The first-order valence-electron chi connectivity index (χ1n) is 13.7. The zero-order valence-electron chi connectivity index (χ0n) is 22.3. The molecule has 5 rings (SSSR count). The van der Waals surface area contributed by atoms with E-state index < -0.39 is 22.2 Å². The molecule has 3 fully saturated rings. The van der Waals surface area contributed by atoms with E-state index >= 15 is 0 Å². The van der Waals surface area contributed by atoms with E-state index in [1.807, 2.05) is 0 Å². The molecule has 1 aromatic heterocycles. The summed E-state index contributed by atoms with van der Waals surface area (Å²) in [6, 6.07) is 4.93. The molecule has 2 aromatic rings. The van der Waals surface area contributed by atoms with Gasteiger partial charge in [-0.25, -0.2) is 0 Å². The molecule has 2 aliphatic carbocycles. The number of carbonyl (C=O) groups excluding carboxylic acids is 4. The first kappa shape index (κ1) is 27.4. The van der Waals surface area contributed by atoms with Crippen molar-refractivity contribution in [2.24, 2.45) is 17.8 Å². The zero-order valence-corrected chi connectivity index (χ0v) is 23.1. The molecule has 0 bridgehead atoms. The number of carbonyl (C=O) groups is 4. The third-order valence-electron chi connectivity index (χ3n) is 8.52. The Balaban J connectivity index is 1.40. The number of likely N-dealkylation sites (tertiary alicyclic amines) is 1. The molecule has 10 nitrogen and oxygen atoms in total. The SMILES string of the molecule is CCC(=O)C(CC1CCCC1=O)NC(=O)C1C2CCCC2CN1C(=O)c1cc2c(OS(C)(=O)=O)cccc2[nH]1. The van der Waals surface area contributed by atoms with Crippen molar-refractivity contribution >= 4 is 44.4 Å². The van der Waals surface area contributed by atoms with Gasteiger partial charge < -0.3 is 19.4 Å². The molecule has 1 aliphatic heterocycles. The summed E-state index contributed by atoms with van der Waals surface area (Å²) >= 11 is 0. The molecular weight excluding hydrogens is 522 g/mol. The molecule has 1 saturated heterocycles. The summed E-state index contributed by atoms with van der Waals surface area (Å²) in [5.74, 6) is -0.618. The van der Waals surface area contributed by atoms with Crippen LogP contribution in [0.4, 0.5) is 0 Å². The van der Waals surface area contributed by atoms with Crippen LogP contribution < -0.4 is 9.50 Å². The average Bonchev–Trinajstić information content (AvgIpc) is 3.66. The van der Waals surface area contributed by atoms with Crippen molar-refractivity contribution in [3.8, 4) is 5.75 Å². The monoisotopic (exact) mass is 557 g/mol. The van der Waals surface area contributed by atoms with Crippen LogP contribution in [0.5, 0.6) is 5.75 Å². The topological polar surface area (TPSA) is 143 Å². The molecule has 2 amide bonds. The second-order valence-electron chi connectivity index (χ2n) is 11.1. The van der Waals surface area contributed by atoms with Gasteiger partial charge in [0.25, 0.3) is 5.91 Å². The predicted octanol–water partition coefficient (Wildman–Crippen LogP) is 2.97. The molecule has 2 saturated carbocycles. The Morgan fingerprint density at radius 1 is 1.18 bits per heavy atom. The number of amides is 2. The third kappa shape index (κ3) is 5.59. The minimum atomic E-state index is -3.77. The molecule has 0 spiro atoms. The normalized spacial score (nSPS) is 25.6. The van der Waals surface area contributed by atoms with Gasteiger partial charge in [-0.05, 0) is 62.1 Å². The first-order chi connectivity index (χ1) is 18.6. The number of ketones is 2. The van der Waals surface area contributed by atoms with Crippen LogP contribution in [-0.2, 0) is 24.5 Å². The second-order valence-corrected chi connectivity index (χ2v) is 12.7. The fraction of sp³-hybridized carbons (Fsp3) is 0.571. The van der Waals surface area contributed by atoms with Crippen molar-refractivity contribution in [3.63, 3.8) is 0 Å².